The van der Waals surface area contributed by atoms with E-state index in [1.807, 2.05) is 0 Å². The Bertz CT molecular complexity index is 636. The largest absolute Gasteiger partial charge is 0.425 e. The van der Waals surface area contributed by atoms with Crippen molar-refractivity contribution in [2.45, 2.75) is 12.7 Å². The summed E-state index contributed by atoms with van der Waals surface area (Å²) in [5.74, 6) is 2.92. The summed E-state index contributed by atoms with van der Waals surface area (Å²) in [5.41, 5.74) is 0. The maximum absolute atomic E-state index is 11.2. The third-order valence-electron chi connectivity index (χ3n) is 2.21. The minimum atomic E-state index is -3.73. The number of nitrogens with zero attached hydrogens (tertiary/aromatic N) is 4. The smallest absolute Gasteiger partial charge is 0.367 e. The van der Waals surface area contributed by atoms with Gasteiger partial charge in [-0.25, -0.2) is 0 Å². The normalized spacial score (nSPS) is 16.7. The van der Waals surface area contributed by atoms with Gasteiger partial charge in [0.05, 0.1) is 5.75 Å². The van der Waals surface area contributed by atoms with Gasteiger partial charge in [-0.15, -0.1) is 19.0 Å². The zero-order valence-electron chi connectivity index (χ0n) is 11.0. The van der Waals surface area contributed by atoms with Gasteiger partial charge in [-0.05, 0) is 0 Å². The number of nitrogens with one attached hydrogen (secondary N) is 2. The molecule has 1 aromatic heterocycles. The zero-order chi connectivity index (χ0) is 14.6. The van der Waals surface area contributed by atoms with Crippen molar-refractivity contribution in [3.05, 3.63) is 11.8 Å². The molecule has 0 unspecified atom stereocenters. The Balaban J connectivity index is 1.73. The fourth-order valence-electron chi connectivity index (χ4n) is 1.41. The minimum absolute atomic E-state index is 0.225. The van der Waals surface area contributed by atoms with E-state index in [1.54, 1.807) is 25.7 Å². The molecule has 0 spiro atoms. The Kier molecular flexibility index (Phi) is 4.60. The predicted octanol–water partition coefficient (Wildman–Crippen LogP) is -0.524. The molecule has 0 radical (unpaired) electrons. The van der Waals surface area contributed by atoms with Crippen LogP contribution in [-0.4, -0.2) is 49.6 Å². The Morgan fingerprint density at radius 1 is 1.25 bits per heavy atom. The Morgan fingerprint density at radius 2 is 2.00 bits per heavy atom. The molecule has 0 bridgehead atoms. The molecule has 1 aliphatic rings. The first-order valence-electron chi connectivity index (χ1n) is 5.74. The van der Waals surface area contributed by atoms with Crippen LogP contribution < -0.4 is 10.6 Å². The number of aromatic nitrogens is 2. The van der Waals surface area contributed by atoms with Crippen LogP contribution in [0.4, 0.5) is 0 Å². The lowest BCUT2D eigenvalue weighted by Gasteiger charge is -2.05. The van der Waals surface area contributed by atoms with Gasteiger partial charge < -0.3 is 15.1 Å². The van der Waals surface area contributed by atoms with Gasteiger partial charge in [-0.1, -0.05) is 0 Å². The molecular formula is C9H14N6O3S2. The summed E-state index contributed by atoms with van der Waals surface area (Å²) >= 11 is 1.59. The quantitative estimate of drug-likeness (QED) is 0.695. The standard InChI is InChI=1S/C9H14N6O3S2/c1-6-12-13-7(18-6)5-19-4-3-11-9-8(10-2)14-20(16,17)15-9/h3-5H2,1-2H3,(H,10,14)(H,11,15). The predicted molar refractivity (Wildman–Crippen MR) is 76.0 cm³/mol. The highest BCUT2D eigenvalue weighted by Crippen LogP contribution is 2.10. The average Bonchev–Trinajstić information content (AvgIpc) is 2.92. The molecular weight excluding hydrogens is 304 g/mol. The van der Waals surface area contributed by atoms with E-state index < -0.39 is 10.2 Å². The van der Waals surface area contributed by atoms with Crippen molar-refractivity contribution in [3.63, 3.8) is 0 Å². The zero-order valence-corrected chi connectivity index (χ0v) is 12.6. The summed E-state index contributed by atoms with van der Waals surface area (Å²) in [6.45, 7) is 2.28. The highest BCUT2D eigenvalue weighted by molar-refractivity contribution is 7.98. The van der Waals surface area contributed by atoms with Crippen LogP contribution in [0.25, 0.3) is 0 Å². The summed E-state index contributed by atoms with van der Waals surface area (Å²) < 4.78 is 34.6. The summed E-state index contributed by atoms with van der Waals surface area (Å²) in [4.78, 5) is 0. The molecule has 0 aromatic carbocycles. The van der Waals surface area contributed by atoms with E-state index in [-0.39, 0.29) is 11.7 Å². The van der Waals surface area contributed by atoms with Crippen molar-refractivity contribution in [3.8, 4) is 0 Å². The number of thioether (sulfide) groups is 1. The molecule has 0 atom stereocenters. The number of aryl methyl sites for hydroxylation is 1. The molecule has 1 aliphatic heterocycles. The van der Waals surface area contributed by atoms with Crippen LogP contribution in [0.1, 0.15) is 11.8 Å². The van der Waals surface area contributed by atoms with Crippen LogP contribution in [0, 0.1) is 6.92 Å². The van der Waals surface area contributed by atoms with Crippen LogP contribution in [0.15, 0.2) is 13.2 Å². The molecule has 2 N–H and O–H groups in total. The van der Waals surface area contributed by atoms with Crippen molar-refractivity contribution in [1.82, 2.24) is 20.8 Å². The molecule has 0 aliphatic carbocycles. The van der Waals surface area contributed by atoms with Gasteiger partial charge >= 0.3 is 10.2 Å². The Morgan fingerprint density at radius 3 is 2.65 bits per heavy atom. The van der Waals surface area contributed by atoms with Crippen molar-refractivity contribution < 1.29 is 12.8 Å². The highest BCUT2D eigenvalue weighted by atomic mass is 32.2. The molecule has 0 saturated carbocycles. The Hall–Kier alpha value is -1.62. The van der Waals surface area contributed by atoms with E-state index in [1.165, 1.54) is 0 Å². The number of hydrogen-bond donors (Lipinski definition) is 2. The van der Waals surface area contributed by atoms with Gasteiger partial charge in [0.25, 0.3) is 0 Å². The third kappa shape index (κ3) is 3.93. The molecule has 110 valence electrons. The maximum Gasteiger partial charge on any atom is 0.367 e. The SMILES string of the molecule is CNC1=NS(=O)(=O)N=C1NCCSCc1nnc(C)o1. The molecule has 0 fully saturated rings. The van der Waals surface area contributed by atoms with Crippen molar-refractivity contribution in [2.24, 2.45) is 8.80 Å². The topological polar surface area (TPSA) is 122 Å². The Labute approximate surface area is 120 Å². The van der Waals surface area contributed by atoms with E-state index in [4.69, 9.17) is 4.42 Å². The summed E-state index contributed by atoms with van der Waals surface area (Å²) in [6.07, 6.45) is 0. The van der Waals surface area contributed by atoms with Gasteiger partial charge in [0.1, 0.15) is 0 Å². The van der Waals surface area contributed by atoms with E-state index >= 15 is 0 Å². The van der Waals surface area contributed by atoms with Crippen LogP contribution in [-0.2, 0) is 16.0 Å². The van der Waals surface area contributed by atoms with Crippen LogP contribution in [0.5, 0.6) is 0 Å². The monoisotopic (exact) mass is 318 g/mol. The van der Waals surface area contributed by atoms with E-state index in [9.17, 15) is 8.42 Å². The second-order valence-electron chi connectivity index (χ2n) is 3.77. The van der Waals surface area contributed by atoms with Gasteiger partial charge in [0.2, 0.25) is 11.8 Å². The summed E-state index contributed by atoms with van der Waals surface area (Å²) in [6, 6.07) is 0. The van der Waals surface area contributed by atoms with Crippen LogP contribution >= 0.6 is 11.8 Å². The van der Waals surface area contributed by atoms with E-state index in [2.05, 4.69) is 29.6 Å². The molecule has 9 nitrogen and oxygen atoms in total. The second-order valence-corrected chi connectivity index (χ2v) is 6.14. The van der Waals surface area contributed by atoms with Gasteiger partial charge in [0.15, 0.2) is 11.7 Å². The lowest BCUT2D eigenvalue weighted by atomic mass is 10.5. The number of hydrogen-bond acceptors (Lipinski definition) is 8. The molecule has 20 heavy (non-hydrogen) atoms. The van der Waals surface area contributed by atoms with E-state index in [0.717, 1.165) is 5.75 Å². The molecule has 0 amide bonds. The lowest BCUT2D eigenvalue weighted by molar-refractivity contribution is 0.485. The van der Waals surface area contributed by atoms with Crippen molar-refractivity contribution >= 4 is 33.6 Å². The average molecular weight is 318 g/mol. The third-order valence-corrected chi connectivity index (χ3v) is 3.98. The molecule has 2 heterocycles. The van der Waals surface area contributed by atoms with Gasteiger partial charge in [-0.3, -0.25) is 0 Å². The molecule has 2 rings (SSSR count). The fraction of sp³-hybridized carbons (Fsp3) is 0.556. The van der Waals surface area contributed by atoms with Crippen molar-refractivity contribution in [1.29, 1.82) is 0 Å². The molecule has 0 saturated heterocycles. The highest BCUT2D eigenvalue weighted by Gasteiger charge is 2.22. The maximum atomic E-state index is 11.2. The molecule has 1 aromatic rings. The fourth-order valence-corrected chi connectivity index (χ4v) is 2.93. The first kappa shape index (κ1) is 14.8. The number of rotatable bonds is 5. The summed E-state index contributed by atoms with van der Waals surface area (Å²) in [5, 5.41) is 13.2. The van der Waals surface area contributed by atoms with Crippen molar-refractivity contribution in [2.75, 3.05) is 19.3 Å². The lowest BCUT2D eigenvalue weighted by Crippen LogP contribution is -2.37. The first-order chi connectivity index (χ1) is 9.50. The van der Waals surface area contributed by atoms with Crippen LogP contribution in [0.3, 0.4) is 0 Å². The van der Waals surface area contributed by atoms with E-state index in [0.29, 0.717) is 24.1 Å². The minimum Gasteiger partial charge on any atom is -0.425 e. The molecule has 11 heteroatoms. The first-order valence-corrected chi connectivity index (χ1v) is 8.29. The summed E-state index contributed by atoms with van der Waals surface area (Å²) in [7, 11) is -2.14. The second kappa shape index (κ2) is 6.22. The number of amidine groups is 2. The van der Waals surface area contributed by atoms with Crippen LogP contribution in [0.2, 0.25) is 0 Å². The number of likely N-dealkylation sites (N-methyl/N-ethyl adjacent to an activating group) is 1. The van der Waals surface area contributed by atoms with Gasteiger partial charge in [-0.2, -0.15) is 20.2 Å². The van der Waals surface area contributed by atoms with Gasteiger partial charge in [0, 0.05) is 26.3 Å².